The highest BCUT2D eigenvalue weighted by molar-refractivity contribution is 5.94. The Labute approximate surface area is 152 Å². The number of halogens is 3. The van der Waals surface area contributed by atoms with Crippen LogP contribution in [0.2, 0.25) is 0 Å². The van der Waals surface area contributed by atoms with Crippen LogP contribution in [0, 0.1) is 0 Å². The molecule has 1 saturated heterocycles. The Hall–Kier alpha value is -3.10. The van der Waals surface area contributed by atoms with Crippen LogP contribution in [-0.4, -0.2) is 47.0 Å². The molecule has 3 aromatic rings. The Bertz CT molecular complexity index is 928. The van der Waals surface area contributed by atoms with Crippen molar-refractivity contribution in [1.29, 1.82) is 0 Å². The maximum Gasteiger partial charge on any atom is 0.416 e. The number of pyridine rings is 1. The Morgan fingerprint density at radius 2 is 1.74 bits per heavy atom. The zero-order chi connectivity index (χ0) is 19.0. The number of hydrogen-bond acceptors (Lipinski definition) is 5. The minimum atomic E-state index is -4.42. The number of amides is 1. The second-order valence-electron chi connectivity index (χ2n) is 6.18. The van der Waals surface area contributed by atoms with Crippen LogP contribution in [-0.2, 0) is 6.18 Å². The monoisotopic (exact) mass is 376 g/mol. The van der Waals surface area contributed by atoms with E-state index in [2.05, 4.69) is 9.97 Å². The van der Waals surface area contributed by atoms with Gasteiger partial charge in [-0.1, -0.05) is 0 Å². The highest BCUT2D eigenvalue weighted by atomic mass is 19.4. The van der Waals surface area contributed by atoms with Gasteiger partial charge < -0.3 is 14.2 Å². The number of fused-ring (bicyclic) bond motifs is 1. The van der Waals surface area contributed by atoms with E-state index < -0.39 is 11.7 Å². The normalized spacial score (nSPS) is 15.4. The van der Waals surface area contributed by atoms with Crippen molar-refractivity contribution in [3.05, 3.63) is 53.7 Å². The number of aromatic nitrogens is 2. The summed E-state index contributed by atoms with van der Waals surface area (Å²) in [7, 11) is 0. The van der Waals surface area contributed by atoms with Crippen LogP contribution in [0.4, 0.5) is 19.2 Å². The van der Waals surface area contributed by atoms with E-state index in [0.717, 1.165) is 12.1 Å². The van der Waals surface area contributed by atoms with Gasteiger partial charge in [-0.15, -0.1) is 0 Å². The molecule has 0 saturated carbocycles. The van der Waals surface area contributed by atoms with Gasteiger partial charge >= 0.3 is 6.18 Å². The minimum Gasteiger partial charge on any atom is -0.422 e. The summed E-state index contributed by atoms with van der Waals surface area (Å²) in [6.45, 7) is 1.87. The van der Waals surface area contributed by atoms with Gasteiger partial charge in [-0.3, -0.25) is 4.79 Å². The molecule has 1 fully saturated rings. The van der Waals surface area contributed by atoms with Crippen LogP contribution in [0.5, 0.6) is 0 Å². The number of carbonyl (C=O) groups excluding carboxylic acids is 1. The van der Waals surface area contributed by atoms with Crippen molar-refractivity contribution in [2.75, 3.05) is 31.1 Å². The van der Waals surface area contributed by atoms with Crippen molar-refractivity contribution in [1.82, 2.24) is 14.9 Å². The van der Waals surface area contributed by atoms with Gasteiger partial charge in [0.25, 0.3) is 11.9 Å². The molecule has 2 aromatic heterocycles. The van der Waals surface area contributed by atoms with Gasteiger partial charge in [0.15, 0.2) is 5.58 Å². The van der Waals surface area contributed by atoms with Crippen LogP contribution in [0.15, 0.2) is 47.0 Å². The molecule has 1 aliphatic heterocycles. The molecule has 1 amide bonds. The quantitative estimate of drug-likeness (QED) is 0.687. The number of benzene rings is 1. The Morgan fingerprint density at radius 3 is 2.37 bits per heavy atom. The van der Waals surface area contributed by atoms with Gasteiger partial charge in [-0.25, -0.2) is 4.98 Å². The van der Waals surface area contributed by atoms with E-state index in [1.54, 1.807) is 23.2 Å². The third-order valence-electron chi connectivity index (χ3n) is 4.45. The Morgan fingerprint density at radius 1 is 1.04 bits per heavy atom. The Kier molecular flexibility index (Phi) is 4.21. The molecule has 0 N–H and O–H groups in total. The number of carbonyl (C=O) groups is 1. The molecule has 1 aliphatic rings. The van der Waals surface area contributed by atoms with Crippen molar-refractivity contribution < 1.29 is 22.4 Å². The van der Waals surface area contributed by atoms with E-state index in [0.29, 0.717) is 43.4 Å². The number of piperazine rings is 1. The number of alkyl halides is 3. The number of hydrogen-bond donors (Lipinski definition) is 0. The van der Waals surface area contributed by atoms with Gasteiger partial charge in [0, 0.05) is 37.9 Å². The summed E-state index contributed by atoms with van der Waals surface area (Å²) >= 11 is 0. The third-order valence-corrected chi connectivity index (χ3v) is 4.45. The largest absolute Gasteiger partial charge is 0.422 e. The first kappa shape index (κ1) is 17.3. The number of nitrogens with zero attached hydrogens (tertiary/aromatic N) is 4. The second-order valence-corrected chi connectivity index (χ2v) is 6.18. The summed E-state index contributed by atoms with van der Waals surface area (Å²) in [6.07, 6.45) is -2.78. The zero-order valence-electron chi connectivity index (χ0n) is 14.1. The topological polar surface area (TPSA) is 62.5 Å². The number of rotatable bonds is 2. The first-order valence-corrected chi connectivity index (χ1v) is 8.35. The minimum absolute atomic E-state index is 0.238. The van der Waals surface area contributed by atoms with Crippen molar-refractivity contribution in [2.45, 2.75) is 6.18 Å². The van der Waals surface area contributed by atoms with Gasteiger partial charge in [0.05, 0.1) is 5.56 Å². The fourth-order valence-electron chi connectivity index (χ4n) is 2.98. The van der Waals surface area contributed by atoms with Crippen molar-refractivity contribution in [3.8, 4) is 0 Å². The van der Waals surface area contributed by atoms with Crippen LogP contribution < -0.4 is 4.90 Å². The number of anilines is 1. The molecule has 3 heterocycles. The highest BCUT2D eigenvalue weighted by Gasteiger charge is 2.31. The summed E-state index contributed by atoms with van der Waals surface area (Å²) in [5, 5.41) is 0. The van der Waals surface area contributed by atoms with E-state index >= 15 is 0 Å². The average molecular weight is 376 g/mol. The predicted octanol–water partition coefficient (Wildman–Crippen LogP) is 3.20. The van der Waals surface area contributed by atoms with E-state index in [4.69, 9.17) is 4.42 Å². The summed E-state index contributed by atoms with van der Waals surface area (Å²) in [5.41, 5.74) is 0.586. The summed E-state index contributed by atoms with van der Waals surface area (Å²) < 4.78 is 43.6. The molecule has 0 atom stereocenters. The van der Waals surface area contributed by atoms with Crippen LogP contribution >= 0.6 is 0 Å². The second kappa shape index (κ2) is 6.57. The molecule has 0 unspecified atom stereocenters. The smallest absolute Gasteiger partial charge is 0.416 e. The van der Waals surface area contributed by atoms with E-state index in [1.165, 1.54) is 12.1 Å². The Balaban J connectivity index is 1.42. The lowest BCUT2D eigenvalue weighted by Crippen LogP contribution is -2.48. The molecule has 0 spiro atoms. The molecular weight excluding hydrogens is 361 g/mol. The fourth-order valence-corrected chi connectivity index (χ4v) is 2.98. The van der Waals surface area contributed by atoms with Gasteiger partial charge in [-0.2, -0.15) is 18.2 Å². The first-order valence-electron chi connectivity index (χ1n) is 8.35. The lowest BCUT2D eigenvalue weighted by atomic mass is 10.1. The zero-order valence-corrected chi connectivity index (χ0v) is 14.1. The predicted molar refractivity (Wildman–Crippen MR) is 91.4 cm³/mol. The maximum absolute atomic E-state index is 12.6. The molecule has 4 rings (SSSR count). The maximum atomic E-state index is 12.6. The lowest BCUT2D eigenvalue weighted by Gasteiger charge is -2.33. The van der Waals surface area contributed by atoms with Crippen LogP contribution in [0.1, 0.15) is 15.9 Å². The van der Waals surface area contributed by atoms with E-state index in [9.17, 15) is 18.0 Å². The molecule has 6 nitrogen and oxygen atoms in total. The molecule has 1 aromatic carbocycles. The molecule has 0 radical (unpaired) electrons. The summed E-state index contributed by atoms with van der Waals surface area (Å²) in [6, 6.07) is 8.27. The van der Waals surface area contributed by atoms with E-state index in [1.807, 2.05) is 4.90 Å². The van der Waals surface area contributed by atoms with Crippen molar-refractivity contribution >= 4 is 23.2 Å². The van der Waals surface area contributed by atoms with Crippen molar-refractivity contribution in [3.63, 3.8) is 0 Å². The first-order chi connectivity index (χ1) is 12.9. The SMILES string of the molecule is O=C(c1ccc(C(F)(F)F)cc1)N1CCN(c2nc3ncccc3o2)CC1. The molecule has 9 heteroatoms. The molecule has 0 aliphatic carbocycles. The highest BCUT2D eigenvalue weighted by Crippen LogP contribution is 2.29. The van der Waals surface area contributed by atoms with Crippen molar-refractivity contribution in [2.24, 2.45) is 0 Å². The van der Waals surface area contributed by atoms with Crippen LogP contribution in [0.25, 0.3) is 11.2 Å². The lowest BCUT2D eigenvalue weighted by molar-refractivity contribution is -0.137. The molecular formula is C18H15F3N4O2. The molecule has 140 valence electrons. The van der Waals surface area contributed by atoms with E-state index in [-0.39, 0.29) is 11.5 Å². The fraction of sp³-hybridized carbons (Fsp3) is 0.278. The van der Waals surface area contributed by atoms with Crippen LogP contribution in [0.3, 0.4) is 0 Å². The summed E-state index contributed by atoms with van der Waals surface area (Å²) in [4.78, 5) is 24.5. The average Bonchev–Trinajstić information content (AvgIpc) is 3.11. The van der Waals surface area contributed by atoms with Gasteiger partial charge in [-0.05, 0) is 36.4 Å². The standard InChI is InChI=1S/C18H15F3N4O2/c19-18(20,21)13-5-3-12(4-6-13)16(26)24-8-10-25(11-9-24)17-23-15-14(27-17)2-1-7-22-15/h1-7H,8-11H2. The van der Waals surface area contributed by atoms with Gasteiger partial charge in [0.2, 0.25) is 5.65 Å². The van der Waals surface area contributed by atoms with Gasteiger partial charge in [0.1, 0.15) is 0 Å². The summed E-state index contributed by atoms with van der Waals surface area (Å²) in [5.74, 6) is -0.289. The third kappa shape index (κ3) is 3.44. The number of oxazole rings is 1. The molecule has 27 heavy (non-hydrogen) atoms. The molecule has 0 bridgehead atoms.